The first-order chi connectivity index (χ1) is 13.7. The lowest BCUT2D eigenvalue weighted by molar-refractivity contribution is 0.279. The first kappa shape index (κ1) is 20.4. The minimum absolute atomic E-state index is 0.507. The minimum Gasteiger partial charge on any atom is -0.493 e. The molecule has 0 aliphatic carbocycles. The fourth-order valence-corrected chi connectivity index (χ4v) is 3.46. The van der Waals surface area contributed by atoms with E-state index in [0.717, 1.165) is 41.0 Å². The number of hydrogen-bond donors (Lipinski definition) is 1. The lowest BCUT2D eigenvalue weighted by atomic mass is 10.1. The van der Waals surface area contributed by atoms with Crippen LogP contribution in [0.2, 0.25) is 0 Å². The van der Waals surface area contributed by atoms with Gasteiger partial charge < -0.3 is 19.4 Å². The van der Waals surface area contributed by atoms with E-state index >= 15 is 0 Å². The van der Waals surface area contributed by atoms with Crippen molar-refractivity contribution in [2.24, 2.45) is 0 Å². The largest absolute Gasteiger partial charge is 0.493 e. The Bertz CT molecular complexity index is 881. The van der Waals surface area contributed by atoms with E-state index in [1.165, 1.54) is 11.1 Å². The number of aromatic nitrogens is 2. The minimum atomic E-state index is 0.507. The van der Waals surface area contributed by atoms with Crippen molar-refractivity contribution in [2.75, 3.05) is 13.7 Å². The van der Waals surface area contributed by atoms with Gasteiger partial charge in [-0.15, -0.1) is 0 Å². The summed E-state index contributed by atoms with van der Waals surface area (Å²) in [4.78, 5) is 4.07. The molecule has 6 heteroatoms. The number of aryl methyl sites for hydroxylation is 2. The van der Waals surface area contributed by atoms with Crippen molar-refractivity contribution in [1.29, 1.82) is 0 Å². The predicted molar refractivity (Wildman–Crippen MR) is 115 cm³/mol. The number of methoxy groups -OCH3 is 1. The number of ether oxygens (including phenoxy) is 2. The monoisotopic (exact) mass is 443 g/mol. The van der Waals surface area contributed by atoms with Crippen LogP contribution in [0.25, 0.3) is 0 Å². The summed E-state index contributed by atoms with van der Waals surface area (Å²) in [6.45, 7) is 5.15. The normalized spacial score (nSPS) is 10.8. The predicted octanol–water partition coefficient (Wildman–Crippen LogP) is 4.72. The van der Waals surface area contributed by atoms with Gasteiger partial charge in [0.1, 0.15) is 6.61 Å². The average Bonchev–Trinajstić information content (AvgIpc) is 3.22. The molecule has 0 aliphatic rings. The van der Waals surface area contributed by atoms with Crippen molar-refractivity contribution in [3.05, 3.63) is 76.3 Å². The highest BCUT2D eigenvalue weighted by Crippen LogP contribution is 2.37. The quantitative estimate of drug-likeness (QED) is 0.460. The van der Waals surface area contributed by atoms with Crippen LogP contribution in [0.3, 0.4) is 0 Å². The Morgan fingerprint density at radius 3 is 2.79 bits per heavy atom. The maximum Gasteiger partial charge on any atom is 0.167 e. The molecule has 0 aliphatic heterocycles. The zero-order valence-corrected chi connectivity index (χ0v) is 17.9. The standard InChI is InChI=1S/C22H26BrN3O2/c1-17-6-3-4-7-18(17)15-28-22-19(20(23)8-9-21(22)27-2)14-24-10-5-12-26-13-11-25-16-26/h3-4,6-9,11,13,16,24H,5,10,12,14-15H2,1-2H3. The number of imidazole rings is 1. The Morgan fingerprint density at radius 1 is 1.18 bits per heavy atom. The lowest BCUT2D eigenvalue weighted by Gasteiger charge is -2.18. The van der Waals surface area contributed by atoms with E-state index < -0.39 is 0 Å². The van der Waals surface area contributed by atoms with Crippen molar-refractivity contribution < 1.29 is 9.47 Å². The molecule has 0 saturated heterocycles. The van der Waals surface area contributed by atoms with Crippen molar-refractivity contribution in [3.8, 4) is 11.5 Å². The topological polar surface area (TPSA) is 48.3 Å². The maximum absolute atomic E-state index is 6.22. The highest BCUT2D eigenvalue weighted by molar-refractivity contribution is 9.10. The van der Waals surface area contributed by atoms with Crippen LogP contribution >= 0.6 is 15.9 Å². The summed E-state index contributed by atoms with van der Waals surface area (Å²) >= 11 is 3.66. The van der Waals surface area contributed by atoms with E-state index in [1.807, 2.05) is 36.8 Å². The number of rotatable bonds is 10. The van der Waals surface area contributed by atoms with Crippen LogP contribution < -0.4 is 14.8 Å². The zero-order chi connectivity index (χ0) is 19.8. The molecule has 2 aromatic carbocycles. The molecule has 0 unspecified atom stereocenters. The molecule has 0 amide bonds. The highest BCUT2D eigenvalue weighted by Gasteiger charge is 2.15. The van der Waals surface area contributed by atoms with Gasteiger partial charge in [0.2, 0.25) is 0 Å². The van der Waals surface area contributed by atoms with Gasteiger partial charge in [-0.1, -0.05) is 40.2 Å². The van der Waals surface area contributed by atoms with Crippen molar-refractivity contribution in [3.63, 3.8) is 0 Å². The van der Waals surface area contributed by atoms with Gasteiger partial charge in [0.25, 0.3) is 0 Å². The molecular weight excluding hydrogens is 418 g/mol. The Balaban J connectivity index is 1.64. The number of halogens is 1. The Morgan fingerprint density at radius 2 is 2.04 bits per heavy atom. The van der Waals surface area contributed by atoms with Crippen molar-refractivity contribution in [1.82, 2.24) is 14.9 Å². The van der Waals surface area contributed by atoms with Gasteiger partial charge in [0.05, 0.1) is 13.4 Å². The molecule has 1 aromatic heterocycles. The molecular formula is C22H26BrN3O2. The van der Waals surface area contributed by atoms with Gasteiger partial charge in [0.15, 0.2) is 11.5 Å². The van der Waals surface area contributed by atoms with Crippen LogP contribution in [0, 0.1) is 6.92 Å². The first-order valence-corrected chi connectivity index (χ1v) is 10.2. The number of hydrogen-bond acceptors (Lipinski definition) is 4. The van der Waals surface area contributed by atoms with E-state index in [2.05, 4.69) is 49.9 Å². The average molecular weight is 444 g/mol. The fourth-order valence-electron chi connectivity index (χ4n) is 3.01. The van der Waals surface area contributed by atoms with Crippen LogP contribution in [0.4, 0.5) is 0 Å². The molecule has 3 rings (SSSR count). The second kappa shape index (κ2) is 10.3. The summed E-state index contributed by atoms with van der Waals surface area (Å²) in [7, 11) is 1.67. The van der Waals surface area contributed by atoms with Gasteiger partial charge in [-0.05, 0) is 43.1 Å². The van der Waals surface area contributed by atoms with Gasteiger partial charge in [-0.2, -0.15) is 0 Å². The maximum atomic E-state index is 6.22. The molecule has 1 heterocycles. The summed E-state index contributed by atoms with van der Waals surface area (Å²) in [5.74, 6) is 1.52. The van der Waals surface area contributed by atoms with Crippen molar-refractivity contribution >= 4 is 15.9 Å². The van der Waals surface area contributed by atoms with Crippen LogP contribution in [0.1, 0.15) is 23.1 Å². The molecule has 5 nitrogen and oxygen atoms in total. The van der Waals surface area contributed by atoms with Crippen LogP contribution in [0.5, 0.6) is 11.5 Å². The Hall–Kier alpha value is -2.31. The summed E-state index contributed by atoms with van der Waals surface area (Å²) in [6.07, 6.45) is 6.66. The van der Waals surface area contributed by atoms with Gasteiger partial charge in [0, 0.05) is 35.5 Å². The second-order valence-electron chi connectivity index (χ2n) is 6.60. The number of nitrogens with one attached hydrogen (secondary N) is 1. The molecule has 1 N–H and O–H groups in total. The zero-order valence-electron chi connectivity index (χ0n) is 16.3. The first-order valence-electron chi connectivity index (χ1n) is 9.38. The third-order valence-corrected chi connectivity index (χ3v) is 5.39. The summed E-state index contributed by atoms with van der Waals surface area (Å²) < 4.78 is 14.9. The molecule has 28 heavy (non-hydrogen) atoms. The molecule has 0 atom stereocenters. The van der Waals surface area contributed by atoms with E-state index in [9.17, 15) is 0 Å². The van der Waals surface area contributed by atoms with Crippen LogP contribution in [-0.2, 0) is 19.7 Å². The summed E-state index contributed by atoms with van der Waals surface area (Å²) in [5.41, 5.74) is 3.45. The Kier molecular flexibility index (Phi) is 7.51. The molecule has 0 bridgehead atoms. The van der Waals surface area contributed by atoms with Crippen LogP contribution in [0.15, 0.2) is 59.6 Å². The van der Waals surface area contributed by atoms with E-state index in [1.54, 1.807) is 13.3 Å². The number of benzene rings is 2. The Labute approximate surface area is 174 Å². The smallest absolute Gasteiger partial charge is 0.167 e. The van der Waals surface area contributed by atoms with E-state index in [4.69, 9.17) is 9.47 Å². The molecule has 0 fully saturated rings. The molecule has 0 saturated carbocycles. The molecule has 148 valence electrons. The summed E-state index contributed by atoms with van der Waals surface area (Å²) in [5, 5.41) is 3.51. The van der Waals surface area contributed by atoms with Crippen molar-refractivity contribution in [2.45, 2.75) is 33.0 Å². The SMILES string of the molecule is COc1ccc(Br)c(CNCCCn2ccnc2)c1OCc1ccccc1C. The van der Waals surface area contributed by atoms with Crippen LogP contribution in [-0.4, -0.2) is 23.2 Å². The second-order valence-corrected chi connectivity index (χ2v) is 7.46. The lowest BCUT2D eigenvalue weighted by Crippen LogP contribution is -2.17. The number of nitrogens with zero attached hydrogens (tertiary/aromatic N) is 2. The molecule has 0 spiro atoms. The molecule has 3 aromatic rings. The highest BCUT2D eigenvalue weighted by atomic mass is 79.9. The van der Waals surface area contributed by atoms with Gasteiger partial charge in [-0.25, -0.2) is 4.98 Å². The summed E-state index contributed by atoms with van der Waals surface area (Å²) in [6, 6.07) is 12.2. The molecule has 0 radical (unpaired) electrons. The van der Waals surface area contributed by atoms with E-state index in [0.29, 0.717) is 13.2 Å². The van der Waals surface area contributed by atoms with Gasteiger partial charge >= 0.3 is 0 Å². The fraction of sp³-hybridized carbons (Fsp3) is 0.318. The third-order valence-electron chi connectivity index (χ3n) is 4.65. The van der Waals surface area contributed by atoms with E-state index in [-0.39, 0.29) is 0 Å². The third kappa shape index (κ3) is 5.36. The van der Waals surface area contributed by atoms with Gasteiger partial charge in [-0.3, -0.25) is 0 Å².